The van der Waals surface area contributed by atoms with Crippen molar-refractivity contribution in [2.24, 2.45) is 11.7 Å². The molecule has 0 saturated heterocycles. The quantitative estimate of drug-likeness (QED) is 0.829. The normalized spacial score (nSPS) is 31.5. The van der Waals surface area contributed by atoms with E-state index in [0.717, 1.165) is 24.5 Å². The van der Waals surface area contributed by atoms with Gasteiger partial charge in [-0.1, -0.05) is 45.4 Å². The molecule has 2 heteroatoms. The Balaban J connectivity index is 1.96. The topological polar surface area (TPSA) is 29.3 Å². The lowest BCUT2D eigenvalue weighted by molar-refractivity contribution is 0.0959. The predicted octanol–water partition coefficient (Wildman–Crippen LogP) is 3.55. The summed E-state index contributed by atoms with van der Waals surface area (Å²) in [5, 5.41) is 0. The average Bonchev–Trinajstić information content (AvgIpc) is 2.80. The van der Waals surface area contributed by atoms with Crippen LogP contribution in [0.5, 0.6) is 0 Å². The van der Waals surface area contributed by atoms with Crippen molar-refractivity contribution >= 4 is 0 Å². The summed E-state index contributed by atoms with van der Waals surface area (Å²) >= 11 is 0. The summed E-state index contributed by atoms with van der Waals surface area (Å²) in [5.41, 5.74) is 5.98. The second kappa shape index (κ2) is 7.49. The van der Waals surface area contributed by atoms with Crippen LogP contribution in [-0.2, 0) is 0 Å². The van der Waals surface area contributed by atoms with Gasteiger partial charge in [0.15, 0.2) is 0 Å². The van der Waals surface area contributed by atoms with Crippen molar-refractivity contribution in [3.05, 3.63) is 0 Å². The van der Waals surface area contributed by atoms with Gasteiger partial charge in [-0.05, 0) is 44.7 Å². The molecule has 0 amide bonds. The monoisotopic (exact) mass is 252 g/mol. The van der Waals surface area contributed by atoms with Crippen LogP contribution in [0.15, 0.2) is 0 Å². The highest BCUT2D eigenvalue weighted by molar-refractivity contribution is 4.89. The molecule has 2 N–H and O–H groups in total. The third-order valence-corrected chi connectivity index (χ3v) is 5.26. The highest BCUT2D eigenvalue weighted by atomic mass is 15.2. The molecular formula is C16H32N2. The maximum absolute atomic E-state index is 5.98. The summed E-state index contributed by atoms with van der Waals surface area (Å²) in [6.07, 6.45) is 14.3. The Kier molecular flexibility index (Phi) is 5.97. The van der Waals surface area contributed by atoms with Gasteiger partial charge in [0.25, 0.3) is 0 Å². The number of rotatable bonds is 4. The second-order valence-corrected chi connectivity index (χ2v) is 6.32. The van der Waals surface area contributed by atoms with E-state index in [1.165, 1.54) is 70.8 Å². The molecule has 0 aliphatic heterocycles. The highest BCUT2D eigenvalue weighted by Gasteiger charge is 2.33. The Morgan fingerprint density at radius 2 is 1.56 bits per heavy atom. The molecule has 2 saturated carbocycles. The molecule has 2 atom stereocenters. The maximum atomic E-state index is 5.98. The standard InChI is InChI=1S/C16H32N2/c1-2-18(16-12-8-9-14(16)13-17)15-10-6-4-3-5-7-11-15/h14-16H,2-13,17H2,1H3. The molecule has 2 rings (SSSR count). The minimum absolute atomic E-state index is 0.774. The molecule has 0 bridgehead atoms. The fourth-order valence-electron chi connectivity index (χ4n) is 4.26. The fraction of sp³-hybridized carbons (Fsp3) is 1.00. The zero-order valence-electron chi connectivity index (χ0n) is 12.2. The molecule has 2 nitrogen and oxygen atoms in total. The molecular weight excluding hydrogens is 220 g/mol. The molecule has 18 heavy (non-hydrogen) atoms. The van der Waals surface area contributed by atoms with E-state index in [1.807, 2.05) is 0 Å². The Morgan fingerprint density at radius 3 is 2.17 bits per heavy atom. The van der Waals surface area contributed by atoms with Crippen molar-refractivity contribution in [1.82, 2.24) is 4.90 Å². The SMILES string of the molecule is CCN(C1CCCCCCC1)C1CCCC1CN. The zero-order chi connectivity index (χ0) is 12.8. The van der Waals surface area contributed by atoms with Crippen molar-refractivity contribution in [1.29, 1.82) is 0 Å². The lowest BCUT2D eigenvalue weighted by Gasteiger charge is -2.39. The van der Waals surface area contributed by atoms with Crippen LogP contribution in [0.25, 0.3) is 0 Å². The van der Waals surface area contributed by atoms with Crippen molar-refractivity contribution < 1.29 is 0 Å². The molecule has 0 aromatic heterocycles. The van der Waals surface area contributed by atoms with Crippen LogP contribution in [0.3, 0.4) is 0 Å². The largest absolute Gasteiger partial charge is 0.330 e. The molecule has 0 radical (unpaired) electrons. The van der Waals surface area contributed by atoms with Gasteiger partial charge in [-0.2, -0.15) is 0 Å². The molecule has 0 aromatic rings. The average molecular weight is 252 g/mol. The summed E-state index contributed by atoms with van der Waals surface area (Å²) < 4.78 is 0. The number of hydrogen-bond acceptors (Lipinski definition) is 2. The van der Waals surface area contributed by atoms with Gasteiger partial charge in [0.05, 0.1) is 0 Å². The van der Waals surface area contributed by atoms with E-state index in [4.69, 9.17) is 5.73 Å². The fourth-order valence-corrected chi connectivity index (χ4v) is 4.26. The first-order valence-corrected chi connectivity index (χ1v) is 8.32. The molecule has 0 aromatic carbocycles. The van der Waals surface area contributed by atoms with Crippen LogP contribution in [-0.4, -0.2) is 30.1 Å². The van der Waals surface area contributed by atoms with Gasteiger partial charge in [-0.15, -0.1) is 0 Å². The van der Waals surface area contributed by atoms with Crippen molar-refractivity contribution in [3.63, 3.8) is 0 Å². The van der Waals surface area contributed by atoms with Gasteiger partial charge in [0.2, 0.25) is 0 Å². The number of nitrogens with two attached hydrogens (primary N) is 1. The third kappa shape index (κ3) is 3.48. The zero-order valence-corrected chi connectivity index (χ0v) is 12.2. The number of hydrogen-bond donors (Lipinski definition) is 1. The Hall–Kier alpha value is -0.0800. The summed E-state index contributed by atoms with van der Waals surface area (Å²) in [6.45, 7) is 4.48. The van der Waals surface area contributed by atoms with Gasteiger partial charge < -0.3 is 5.73 Å². The first kappa shape index (κ1) is 14.3. The van der Waals surface area contributed by atoms with Gasteiger partial charge in [0.1, 0.15) is 0 Å². The molecule has 0 spiro atoms. The van der Waals surface area contributed by atoms with E-state index >= 15 is 0 Å². The summed E-state index contributed by atoms with van der Waals surface area (Å²) in [5.74, 6) is 0.774. The molecule has 0 heterocycles. The van der Waals surface area contributed by atoms with E-state index in [-0.39, 0.29) is 0 Å². The van der Waals surface area contributed by atoms with Crippen molar-refractivity contribution in [3.8, 4) is 0 Å². The van der Waals surface area contributed by atoms with E-state index in [1.54, 1.807) is 0 Å². The van der Waals surface area contributed by atoms with E-state index in [2.05, 4.69) is 11.8 Å². The van der Waals surface area contributed by atoms with E-state index in [9.17, 15) is 0 Å². The van der Waals surface area contributed by atoms with E-state index < -0.39 is 0 Å². The molecule has 106 valence electrons. The van der Waals surface area contributed by atoms with Crippen LogP contribution in [0.4, 0.5) is 0 Å². The Morgan fingerprint density at radius 1 is 0.889 bits per heavy atom. The minimum atomic E-state index is 0.774. The highest BCUT2D eigenvalue weighted by Crippen LogP contribution is 2.33. The smallest absolute Gasteiger partial charge is 0.0138 e. The van der Waals surface area contributed by atoms with Crippen molar-refractivity contribution in [2.75, 3.05) is 13.1 Å². The summed E-state index contributed by atoms with van der Waals surface area (Å²) in [6, 6.07) is 1.65. The molecule has 2 fully saturated rings. The summed E-state index contributed by atoms with van der Waals surface area (Å²) in [7, 11) is 0. The van der Waals surface area contributed by atoms with Crippen LogP contribution in [0.2, 0.25) is 0 Å². The lowest BCUT2D eigenvalue weighted by Crippen LogP contribution is -2.46. The third-order valence-electron chi connectivity index (χ3n) is 5.26. The second-order valence-electron chi connectivity index (χ2n) is 6.32. The molecule has 2 aliphatic rings. The van der Waals surface area contributed by atoms with Crippen LogP contribution in [0, 0.1) is 5.92 Å². The Bertz CT molecular complexity index is 221. The van der Waals surface area contributed by atoms with Crippen LogP contribution in [0.1, 0.15) is 71.1 Å². The Labute approximate surface area is 113 Å². The van der Waals surface area contributed by atoms with Gasteiger partial charge in [-0.3, -0.25) is 4.90 Å². The first-order valence-electron chi connectivity index (χ1n) is 8.32. The van der Waals surface area contributed by atoms with Crippen molar-refractivity contribution in [2.45, 2.75) is 83.2 Å². The van der Waals surface area contributed by atoms with Gasteiger partial charge >= 0.3 is 0 Å². The van der Waals surface area contributed by atoms with Crippen LogP contribution >= 0.6 is 0 Å². The van der Waals surface area contributed by atoms with Gasteiger partial charge in [0, 0.05) is 12.1 Å². The van der Waals surface area contributed by atoms with E-state index in [0.29, 0.717) is 0 Å². The van der Waals surface area contributed by atoms with Gasteiger partial charge in [-0.25, -0.2) is 0 Å². The van der Waals surface area contributed by atoms with Crippen LogP contribution < -0.4 is 5.73 Å². The molecule has 2 aliphatic carbocycles. The lowest BCUT2D eigenvalue weighted by atomic mass is 9.92. The minimum Gasteiger partial charge on any atom is -0.330 e. The number of nitrogens with zero attached hydrogens (tertiary/aromatic N) is 1. The first-order chi connectivity index (χ1) is 8.86. The molecule has 2 unspecified atom stereocenters. The maximum Gasteiger partial charge on any atom is 0.0138 e. The predicted molar refractivity (Wildman–Crippen MR) is 78.7 cm³/mol. The summed E-state index contributed by atoms with van der Waals surface area (Å²) in [4.78, 5) is 2.83.